The normalized spacial score (nSPS) is 9.72. The average molecular weight is 247 g/mol. The molecule has 0 aromatic carbocycles. The van der Waals surface area contributed by atoms with E-state index >= 15 is 0 Å². The fraction of sp³-hybridized carbons (Fsp3) is 0.308. The largest absolute Gasteiger partial charge is 0.330 e. The number of allylic oxidation sites excluding steroid dienone is 1. The van der Waals surface area contributed by atoms with Gasteiger partial charge >= 0.3 is 6.03 Å². The zero-order valence-electron chi connectivity index (χ0n) is 10.9. The Labute approximate surface area is 107 Å². The van der Waals surface area contributed by atoms with E-state index in [-0.39, 0.29) is 18.4 Å². The third-order valence-corrected chi connectivity index (χ3v) is 2.38. The lowest BCUT2D eigenvalue weighted by atomic mass is 10.1. The van der Waals surface area contributed by atoms with E-state index in [9.17, 15) is 9.59 Å². The van der Waals surface area contributed by atoms with Gasteiger partial charge < -0.3 is 4.90 Å². The number of carbonyl (C=O) groups is 2. The molecular formula is C13H17N3O2. The van der Waals surface area contributed by atoms with Crippen LogP contribution in [0.2, 0.25) is 0 Å². The Kier molecular flexibility index (Phi) is 4.59. The summed E-state index contributed by atoms with van der Waals surface area (Å²) in [6, 6.07) is 2.99. The van der Waals surface area contributed by atoms with Crippen LogP contribution >= 0.6 is 0 Å². The lowest BCUT2D eigenvalue weighted by Crippen LogP contribution is -2.40. The molecule has 0 bridgehead atoms. The predicted molar refractivity (Wildman–Crippen MR) is 69.2 cm³/mol. The molecule has 0 saturated heterocycles. The number of aromatic nitrogens is 1. The molecule has 0 unspecified atom stereocenters. The van der Waals surface area contributed by atoms with E-state index in [0.717, 1.165) is 0 Å². The van der Waals surface area contributed by atoms with Crippen molar-refractivity contribution in [2.24, 2.45) is 0 Å². The van der Waals surface area contributed by atoms with E-state index in [1.54, 1.807) is 45.5 Å². The van der Waals surface area contributed by atoms with Gasteiger partial charge in [-0.1, -0.05) is 6.58 Å². The Morgan fingerprint density at radius 3 is 2.28 bits per heavy atom. The summed E-state index contributed by atoms with van der Waals surface area (Å²) in [5.41, 5.74) is 1.07. The van der Waals surface area contributed by atoms with E-state index < -0.39 is 0 Å². The van der Waals surface area contributed by atoms with Crippen molar-refractivity contribution in [3.63, 3.8) is 0 Å². The van der Waals surface area contributed by atoms with Crippen molar-refractivity contribution in [3.05, 3.63) is 42.4 Å². The van der Waals surface area contributed by atoms with Crippen LogP contribution in [0.3, 0.4) is 0 Å². The van der Waals surface area contributed by atoms with Gasteiger partial charge in [0.15, 0.2) is 5.78 Å². The maximum absolute atomic E-state index is 12.0. The lowest BCUT2D eigenvalue weighted by Gasteiger charge is -2.25. The molecule has 0 fully saturated rings. The molecule has 1 rings (SSSR count). The van der Waals surface area contributed by atoms with Crippen LogP contribution in [0.25, 0.3) is 0 Å². The zero-order valence-corrected chi connectivity index (χ0v) is 10.9. The van der Waals surface area contributed by atoms with Gasteiger partial charge in [0.2, 0.25) is 0 Å². The predicted octanol–water partition coefficient (Wildman–Crippen LogP) is 1.78. The zero-order chi connectivity index (χ0) is 13.7. The molecule has 0 atom stereocenters. The van der Waals surface area contributed by atoms with Crippen LogP contribution < -0.4 is 0 Å². The van der Waals surface area contributed by atoms with Gasteiger partial charge in [0.1, 0.15) is 0 Å². The molecule has 1 aromatic heterocycles. The molecule has 0 saturated carbocycles. The summed E-state index contributed by atoms with van der Waals surface area (Å²) in [6.07, 6.45) is 3.10. The first kappa shape index (κ1) is 13.9. The van der Waals surface area contributed by atoms with Crippen molar-refractivity contribution in [2.45, 2.75) is 6.92 Å². The number of hydrogen-bond donors (Lipinski definition) is 0. The van der Waals surface area contributed by atoms with Gasteiger partial charge in [-0.2, -0.15) is 0 Å². The third-order valence-electron chi connectivity index (χ3n) is 2.38. The minimum Gasteiger partial charge on any atom is -0.330 e. The van der Waals surface area contributed by atoms with Gasteiger partial charge in [0, 0.05) is 37.7 Å². The maximum Gasteiger partial charge on any atom is 0.324 e. The molecule has 0 aliphatic carbocycles. The SMILES string of the molecule is C=C(C)N(CC(=O)c1ccncc1)C(=O)N(C)C. The topological polar surface area (TPSA) is 53.5 Å². The van der Waals surface area contributed by atoms with Crippen molar-refractivity contribution in [1.29, 1.82) is 0 Å². The average Bonchev–Trinajstić information content (AvgIpc) is 2.35. The molecule has 18 heavy (non-hydrogen) atoms. The van der Waals surface area contributed by atoms with Crippen molar-refractivity contribution in [2.75, 3.05) is 20.6 Å². The van der Waals surface area contributed by atoms with Crippen LogP contribution in [-0.2, 0) is 0 Å². The molecule has 5 nitrogen and oxygen atoms in total. The van der Waals surface area contributed by atoms with Gasteiger partial charge in [0.05, 0.1) is 6.54 Å². The molecule has 0 spiro atoms. The molecule has 1 aromatic rings. The quantitative estimate of drug-likeness (QED) is 0.762. The molecule has 5 heteroatoms. The highest BCUT2D eigenvalue weighted by Crippen LogP contribution is 2.07. The summed E-state index contributed by atoms with van der Waals surface area (Å²) in [5.74, 6) is -0.143. The third kappa shape index (κ3) is 3.41. The summed E-state index contributed by atoms with van der Waals surface area (Å²) in [4.78, 5) is 30.5. The maximum atomic E-state index is 12.0. The highest BCUT2D eigenvalue weighted by molar-refractivity contribution is 5.99. The Bertz CT molecular complexity index is 455. The summed E-state index contributed by atoms with van der Waals surface area (Å²) in [7, 11) is 3.27. The minimum atomic E-state index is -0.259. The highest BCUT2D eigenvalue weighted by atomic mass is 16.2. The number of amides is 2. The van der Waals surface area contributed by atoms with Gasteiger partial charge in [-0.25, -0.2) is 4.79 Å². The van der Waals surface area contributed by atoms with Crippen LogP contribution in [-0.4, -0.2) is 47.2 Å². The summed E-state index contributed by atoms with van der Waals surface area (Å²) < 4.78 is 0. The van der Waals surface area contributed by atoms with E-state index in [4.69, 9.17) is 0 Å². The van der Waals surface area contributed by atoms with Crippen molar-refractivity contribution in [1.82, 2.24) is 14.8 Å². The second-order valence-electron chi connectivity index (χ2n) is 4.16. The van der Waals surface area contributed by atoms with Crippen LogP contribution in [0.4, 0.5) is 4.79 Å². The Morgan fingerprint density at radius 1 is 1.28 bits per heavy atom. The summed E-state index contributed by atoms with van der Waals surface area (Å²) in [5, 5.41) is 0. The van der Waals surface area contributed by atoms with Crippen molar-refractivity contribution in [3.8, 4) is 0 Å². The standard InChI is InChI=1S/C13H17N3O2/c1-10(2)16(13(18)15(3)4)9-12(17)11-5-7-14-8-6-11/h5-8H,1,9H2,2-4H3. The van der Waals surface area contributed by atoms with Crippen LogP contribution in [0.1, 0.15) is 17.3 Å². The van der Waals surface area contributed by atoms with Crippen LogP contribution in [0.5, 0.6) is 0 Å². The highest BCUT2D eigenvalue weighted by Gasteiger charge is 2.20. The molecule has 0 aliphatic heterocycles. The Morgan fingerprint density at radius 2 is 1.83 bits per heavy atom. The van der Waals surface area contributed by atoms with Crippen LogP contribution in [0, 0.1) is 0 Å². The number of rotatable bonds is 4. The fourth-order valence-electron chi connectivity index (χ4n) is 1.38. The van der Waals surface area contributed by atoms with E-state index in [1.807, 2.05) is 0 Å². The van der Waals surface area contributed by atoms with Gasteiger partial charge in [-0.15, -0.1) is 0 Å². The van der Waals surface area contributed by atoms with E-state index in [0.29, 0.717) is 11.3 Å². The summed E-state index contributed by atoms with van der Waals surface area (Å²) in [6.45, 7) is 5.40. The molecule has 2 amide bonds. The second-order valence-corrected chi connectivity index (χ2v) is 4.16. The first-order valence-electron chi connectivity index (χ1n) is 5.51. The van der Waals surface area contributed by atoms with Gasteiger partial charge in [-0.3, -0.25) is 14.7 Å². The molecule has 96 valence electrons. The van der Waals surface area contributed by atoms with Crippen molar-refractivity contribution >= 4 is 11.8 Å². The first-order chi connectivity index (χ1) is 8.43. The lowest BCUT2D eigenvalue weighted by molar-refractivity contribution is 0.0949. The summed E-state index contributed by atoms with van der Waals surface area (Å²) >= 11 is 0. The number of urea groups is 1. The van der Waals surface area contributed by atoms with Crippen LogP contribution in [0.15, 0.2) is 36.8 Å². The van der Waals surface area contributed by atoms with E-state index in [1.165, 1.54) is 9.80 Å². The Hall–Kier alpha value is -2.17. The molecule has 0 aliphatic rings. The number of carbonyl (C=O) groups excluding carboxylic acids is 2. The second kappa shape index (κ2) is 5.95. The molecule has 0 N–H and O–H groups in total. The monoisotopic (exact) mass is 247 g/mol. The first-order valence-corrected chi connectivity index (χ1v) is 5.51. The number of Topliss-reactive ketones (excluding diaryl/α,β-unsaturated/α-hetero) is 1. The fourth-order valence-corrected chi connectivity index (χ4v) is 1.38. The number of ketones is 1. The Balaban J connectivity index is 2.83. The van der Waals surface area contributed by atoms with Crippen molar-refractivity contribution < 1.29 is 9.59 Å². The van der Waals surface area contributed by atoms with Gasteiger partial charge in [-0.05, 0) is 19.1 Å². The van der Waals surface area contributed by atoms with Gasteiger partial charge in [0.25, 0.3) is 0 Å². The minimum absolute atomic E-state index is 0.0175. The molecule has 0 radical (unpaired) electrons. The van der Waals surface area contributed by atoms with E-state index in [2.05, 4.69) is 11.6 Å². The smallest absolute Gasteiger partial charge is 0.324 e. The number of hydrogen-bond acceptors (Lipinski definition) is 3. The molecular weight excluding hydrogens is 230 g/mol. The molecule has 1 heterocycles. The number of pyridine rings is 1. The number of nitrogens with zero attached hydrogens (tertiary/aromatic N) is 3.